The van der Waals surface area contributed by atoms with Gasteiger partial charge in [0.15, 0.2) is 0 Å². The van der Waals surface area contributed by atoms with Gasteiger partial charge in [-0.25, -0.2) is 0 Å². The first kappa shape index (κ1) is 12.5. The first-order valence-corrected chi connectivity index (χ1v) is 6.32. The van der Waals surface area contributed by atoms with Gasteiger partial charge in [0, 0.05) is 37.4 Å². The molecule has 2 rings (SSSR count). The fourth-order valence-corrected chi connectivity index (χ4v) is 2.39. The lowest BCUT2D eigenvalue weighted by Gasteiger charge is -2.38. The minimum absolute atomic E-state index is 0.259. The summed E-state index contributed by atoms with van der Waals surface area (Å²) in [5.74, 6) is 0. The summed E-state index contributed by atoms with van der Waals surface area (Å²) in [6.45, 7) is 8.33. The Bertz CT molecular complexity index is 352. The summed E-state index contributed by atoms with van der Waals surface area (Å²) in [7, 11) is 0. The molecule has 0 amide bonds. The van der Waals surface area contributed by atoms with Gasteiger partial charge in [0.05, 0.1) is 25.5 Å². The van der Waals surface area contributed by atoms with Crippen LogP contribution in [0.5, 0.6) is 0 Å². The molecule has 1 aromatic heterocycles. The van der Waals surface area contributed by atoms with Gasteiger partial charge >= 0.3 is 0 Å². The van der Waals surface area contributed by atoms with Crippen LogP contribution in [0.25, 0.3) is 0 Å². The van der Waals surface area contributed by atoms with E-state index in [4.69, 9.17) is 10.5 Å². The lowest BCUT2D eigenvalue weighted by Crippen LogP contribution is -2.47. The van der Waals surface area contributed by atoms with Crippen LogP contribution in [0, 0.1) is 0 Å². The summed E-state index contributed by atoms with van der Waals surface area (Å²) in [5, 5.41) is 4.33. The van der Waals surface area contributed by atoms with Gasteiger partial charge in [-0.1, -0.05) is 0 Å². The Hall–Kier alpha value is -0.910. The summed E-state index contributed by atoms with van der Waals surface area (Å²) in [5.41, 5.74) is 7.14. The zero-order chi connectivity index (χ0) is 12.3. The lowest BCUT2D eigenvalue weighted by molar-refractivity contribution is -0.0209. The third-order valence-electron chi connectivity index (χ3n) is 3.40. The molecular formula is C12H22N4O. The van der Waals surface area contributed by atoms with Gasteiger partial charge in [0.25, 0.3) is 0 Å². The van der Waals surface area contributed by atoms with E-state index < -0.39 is 0 Å². The van der Waals surface area contributed by atoms with Crippen molar-refractivity contribution in [2.24, 2.45) is 5.73 Å². The van der Waals surface area contributed by atoms with Crippen molar-refractivity contribution in [3.63, 3.8) is 0 Å². The third kappa shape index (κ3) is 2.68. The van der Waals surface area contributed by atoms with Crippen molar-refractivity contribution in [3.05, 3.63) is 18.0 Å². The second-order valence-corrected chi connectivity index (χ2v) is 4.54. The number of aromatic nitrogens is 2. The highest BCUT2D eigenvalue weighted by Gasteiger charge is 2.27. The molecule has 1 aliphatic rings. The first-order chi connectivity index (χ1) is 8.26. The molecule has 2 heterocycles. The Balaban J connectivity index is 2.14. The van der Waals surface area contributed by atoms with Gasteiger partial charge in [-0.05, 0) is 13.8 Å². The van der Waals surface area contributed by atoms with Crippen molar-refractivity contribution in [2.45, 2.75) is 32.5 Å². The summed E-state index contributed by atoms with van der Waals surface area (Å²) in [4.78, 5) is 2.42. The quantitative estimate of drug-likeness (QED) is 0.835. The number of hydrogen-bond donors (Lipinski definition) is 1. The highest BCUT2D eigenvalue weighted by atomic mass is 16.5. The van der Waals surface area contributed by atoms with Crippen molar-refractivity contribution in [3.8, 4) is 0 Å². The van der Waals surface area contributed by atoms with E-state index in [1.807, 2.05) is 10.9 Å². The number of nitrogens with zero attached hydrogens (tertiary/aromatic N) is 3. The maximum Gasteiger partial charge on any atom is 0.0620 e. The number of ether oxygens (including phenoxy) is 1. The van der Waals surface area contributed by atoms with E-state index in [9.17, 15) is 0 Å². The SMILES string of the molecule is CCn1cc(C(CN)N2CCOCC2C)cn1. The zero-order valence-electron chi connectivity index (χ0n) is 10.7. The average Bonchev–Trinajstić information content (AvgIpc) is 2.81. The number of morpholine rings is 1. The van der Waals surface area contributed by atoms with E-state index >= 15 is 0 Å². The lowest BCUT2D eigenvalue weighted by atomic mass is 10.1. The zero-order valence-corrected chi connectivity index (χ0v) is 10.7. The molecule has 1 fully saturated rings. The van der Waals surface area contributed by atoms with Gasteiger partial charge in [-0.2, -0.15) is 5.10 Å². The molecule has 2 atom stereocenters. The highest BCUT2D eigenvalue weighted by Crippen LogP contribution is 2.23. The summed E-state index contributed by atoms with van der Waals surface area (Å²) < 4.78 is 7.41. The number of nitrogens with two attached hydrogens (primary N) is 1. The van der Waals surface area contributed by atoms with E-state index in [-0.39, 0.29) is 6.04 Å². The molecule has 96 valence electrons. The molecule has 0 spiro atoms. The van der Waals surface area contributed by atoms with Crippen LogP contribution in [0.15, 0.2) is 12.4 Å². The van der Waals surface area contributed by atoms with Crippen LogP contribution >= 0.6 is 0 Å². The smallest absolute Gasteiger partial charge is 0.0620 e. The molecule has 0 bridgehead atoms. The topological polar surface area (TPSA) is 56.3 Å². The molecule has 0 saturated carbocycles. The minimum Gasteiger partial charge on any atom is -0.379 e. The van der Waals surface area contributed by atoms with Gasteiger partial charge in [0.1, 0.15) is 0 Å². The van der Waals surface area contributed by atoms with Gasteiger partial charge in [-0.15, -0.1) is 0 Å². The van der Waals surface area contributed by atoms with E-state index in [0.29, 0.717) is 12.6 Å². The normalized spacial score (nSPS) is 23.8. The fraction of sp³-hybridized carbons (Fsp3) is 0.750. The van der Waals surface area contributed by atoms with E-state index in [0.717, 1.165) is 26.3 Å². The molecule has 1 saturated heterocycles. The maximum absolute atomic E-state index is 5.93. The minimum atomic E-state index is 0.259. The van der Waals surface area contributed by atoms with Gasteiger partial charge in [-0.3, -0.25) is 9.58 Å². The molecule has 2 N–H and O–H groups in total. The molecular weight excluding hydrogens is 216 g/mol. The number of hydrogen-bond acceptors (Lipinski definition) is 4. The van der Waals surface area contributed by atoms with Crippen LogP contribution < -0.4 is 5.73 Å². The molecule has 0 aromatic carbocycles. The first-order valence-electron chi connectivity index (χ1n) is 6.32. The standard InChI is InChI=1S/C12H22N4O/c1-3-15-8-11(7-14-15)12(6-13)16-4-5-17-9-10(16)2/h7-8,10,12H,3-6,9,13H2,1-2H3. The molecule has 0 aliphatic carbocycles. The van der Waals surface area contributed by atoms with Crippen LogP contribution in [-0.4, -0.2) is 47.0 Å². The Morgan fingerprint density at radius 1 is 1.65 bits per heavy atom. The van der Waals surface area contributed by atoms with Crippen LogP contribution in [0.4, 0.5) is 0 Å². The highest BCUT2D eigenvalue weighted by molar-refractivity contribution is 5.12. The van der Waals surface area contributed by atoms with Crippen LogP contribution in [0.1, 0.15) is 25.5 Å². The molecule has 2 unspecified atom stereocenters. The number of aryl methyl sites for hydroxylation is 1. The van der Waals surface area contributed by atoms with Gasteiger partial charge < -0.3 is 10.5 Å². The van der Waals surface area contributed by atoms with E-state index in [1.165, 1.54) is 5.56 Å². The monoisotopic (exact) mass is 238 g/mol. The van der Waals surface area contributed by atoms with Gasteiger partial charge in [0.2, 0.25) is 0 Å². The molecule has 1 aromatic rings. The molecule has 1 aliphatic heterocycles. The summed E-state index contributed by atoms with van der Waals surface area (Å²) in [6, 6.07) is 0.677. The van der Waals surface area contributed by atoms with Crippen molar-refractivity contribution < 1.29 is 4.74 Å². The number of rotatable bonds is 4. The Kier molecular flexibility index (Phi) is 4.15. The van der Waals surface area contributed by atoms with Crippen molar-refractivity contribution in [1.82, 2.24) is 14.7 Å². The van der Waals surface area contributed by atoms with Crippen molar-refractivity contribution in [2.75, 3.05) is 26.3 Å². The average molecular weight is 238 g/mol. The Labute approximate surface area is 103 Å². The van der Waals surface area contributed by atoms with E-state index in [2.05, 4.69) is 30.0 Å². The van der Waals surface area contributed by atoms with Crippen LogP contribution in [0.3, 0.4) is 0 Å². The molecule has 5 nitrogen and oxygen atoms in total. The predicted octanol–water partition coefficient (Wildman–Crippen LogP) is 0.624. The second kappa shape index (κ2) is 5.62. The van der Waals surface area contributed by atoms with Crippen molar-refractivity contribution >= 4 is 0 Å². The Morgan fingerprint density at radius 2 is 2.47 bits per heavy atom. The molecule has 5 heteroatoms. The Morgan fingerprint density at radius 3 is 3.06 bits per heavy atom. The second-order valence-electron chi connectivity index (χ2n) is 4.54. The summed E-state index contributed by atoms with van der Waals surface area (Å²) in [6.07, 6.45) is 4.03. The van der Waals surface area contributed by atoms with Crippen LogP contribution in [-0.2, 0) is 11.3 Å². The third-order valence-corrected chi connectivity index (χ3v) is 3.40. The summed E-state index contributed by atoms with van der Waals surface area (Å²) >= 11 is 0. The molecule has 0 radical (unpaired) electrons. The fourth-order valence-electron chi connectivity index (χ4n) is 2.39. The maximum atomic E-state index is 5.93. The largest absolute Gasteiger partial charge is 0.379 e. The van der Waals surface area contributed by atoms with E-state index in [1.54, 1.807) is 0 Å². The predicted molar refractivity (Wildman–Crippen MR) is 66.7 cm³/mol. The van der Waals surface area contributed by atoms with Crippen LogP contribution in [0.2, 0.25) is 0 Å². The van der Waals surface area contributed by atoms with Crippen molar-refractivity contribution in [1.29, 1.82) is 0 Å². The molecule has 17 heavy (non-hydrogen) atoms.